The van der Waals surface area contributed by atoms with Crippen molar-refractivity contribution in [2.24, 2.45) is 11.7 Å². The zero-order chi connectivity index (χ0) is 14.7. The first-order chi connectivity index (χ1) is 10.2. The van der Waals surface area contributed by atoms with Gasteiger partial charge in [0.25, 0.3) is 0 Å². The number of carbonyl (C=O) groups excluding carboxylic acids is 1. The first-order valence-corrected chi connectivity index (χ1v) is 8.59. The van der Waals surface area contributed by atoms with Crippen LogP contribution in [0, 0.1) is 5.92 Å². The van der Waals surface area contributed by atoms with Gasteiger partial charge in [-0.2, -0.15) is 0 Å². The monoisotopic (exact) mass is 367 g/mol. The lowest BCUT2D eigenvalue weighted by Crippen LogP contribution is -2.45. The lowest BCUT2D eigenvalue weighted by molar-refractivity contribution is -0.131. The minimum atomic E-state index is 0. The molecule has 136 valence electrons. The summed E-state index contributed by atoms with van der Waals surface area (Å²) in [4.78, 5) is 17.1. The van der Waals surface area contributed by atoms with Crippen LogP contribution in [0.25, 0.3) is 0 Å². The van der Waals surface area contributed by atoms with Gasteiger partial charge in [-0.05, 0) is 25.2 Å². The summed E-state index contributed by atoms with van der Waals surface area (Å²) in [6, 6.07) is 0.776. The van der Waals surface area contributed by atoms with Crippen LogP contribution in [0.4, 0.5) is 0 Å². The molecular weight excluding hydrogens is 337 g/mol. The van der Waals surface area contributed by atoms with Crippen LogP contribution in [-0.4, -0.2) is 67.2 Å². The summed E-state index contributed by atoms with van der Waals surface area (Å²) in [5, 5.41) is 0. The van der Waals surface area contributed by atoms with Crippen LogP contribution in [0.5, 0.6) is 0 Å². The van der Waals surface area contributed by atoms with Gasteiger partial charge >= 0.3 is 0 Å². The number of nitrogens with two attached hydrogens (primary N) is 1. The molecule has 1 aliphatic carbocycles. The minimum absolute atomic E-state index is 0. The third-order valence-corrected chi connectivity index (χ3v) is 5.48. The van der Waals surface area contributed by atoms with Crippen molar-refractivity contribution in [2.45, 2.75) is 50.6 Å². The number of hydrogen-bond donors (Lipinski definition) is 1. The van der Waals surface area contributed by atoms with E-state index in [1.807, 2.05) is 0 Å². The molecule has 0 spiro atoms. The Morgan fingerprint density at radius 1 is 1.04 bits per heavy atom. The molecule has 23 heavy (non-hydrogen) atoms. The number of carbonyl (C=O) groups is 1. The number of hydrogen-bond acceptors (Lipinski definition) is 4. The minimum Gasteiger partial charge on any atom is -0.379 e. The maximum atomic E-state index is 12.5. The molecule has 7 heteroatoms. The highest BCUT2D eigenvalue weighted by molar-refractivity contribution is 5.85. The van der Waals surface area contributed by atoms with E-state index in [9.17, 15) is 4.79 Å². The average Bonchev–Trinajstić information content (AvgIpc) is 3.00. The third-order valence-electron chi connectivity index (χ3n) is 5.48. The first kappa shape index (κ1) is 21.0. The van der Waals surface area contributed by atoms with E-state index in [0.29, 0.717) is 24.3 Å². The molecule has 0 bridgehead atoms. The second-order valence-corrected chi connectivity index (χ2v) is 6.84. The Morgan fingerprint density at radius 2 is 1.74 bits per heavy atom. The molecule has 0 aromatic heterocycles. The molecule has 3 fully saturated rings. The highest BCUT2D eigenvalue weighted by Gasteiger charge is 2.33. The second-order valence-electron chi connectivity index (χ2n) is 6.84. The summed E-state index contributed by atoms with van der Waals surface area (Å²) in [6.45, 7) is 5.52. The third kappa shape index (κ3) is 5.46. The molecule has 3 unspecified atom stereocenters. The van der Waals surface area contributed by atoms with Gasteiger partial charge < -0.3 is 15.4 Å². The van der Waals surface area contributed by atoms with E-state index >= 15 is 0 Å². The van der Waals surface area contributed by atoms with Crippen LogP contribution in [0.15, 0.2) is 0 Å². The molecule has 5 nitrogen and oxygen atoms in total. The van der Waals surface area contributed by atoms with Gasteiger partial charge in [0.2, 0.25) is 5.91 Å². The van der Waals surface area contributed by atoms with E-state index in [2.05, 4.69) is 9.80 Å². The summed E-state index contributed by atoms with van der Waals surface area (Å²) in [6.07, 6.45) is 6.47. The Morgan fingerprint density at radius 3 is 2.43 bits per heavy atom. The van der Waals surface area contributed by atoms with E-state index < -0.39 is 0 Å². The van der Waals surface area contributed by atoms with Gasteiger partial charge in [0, 0.05) is 44.7 Å². The van der Waals surface area contributed by atoms with Gasteiger partial charge in [-0.25, -0.2) is 0 Å². The largest absolute Gasteiger partial charge is 0.379 e. The molecule has 0 aromatic carbocycles. The van der Waals surface area contributed by atoms with Crippen LogP contribution < -0.4 is 5.73 Å². The number of morpholine rings is 1. The summed E-state index contributed by atoms with van der Waals surface area (Å²) >= 11 is 0. The molecule has 0 radical (unpaired) electrons. The van der Waals surface area contributed by atoms with Crippen LogP contribution in [0.1, 0.15) is 38.5 Å². The molecule has 2 saturated heterocycles. The fraction of sp³-hybridized carbons (Fsp3) is 0.938. The van der Waals surface area contributed by atoms with Crippen molar-refractivity contribution in [3.63, 3.8) is 0 Å². The summed E-state index contributed by atoms with van der Waals surface area (Å²) < 4.78 is 5.41. The van der Waals surface area contributed by atoms with Gasteiger partial charge in [0.05, 0.1) is 13.2 Å². The topological polar surface area (TPSA) is 58.8 Å². The SMILES string of the molecule is Cl.Cl.NC1CCCCC1CC(=O)N1CCC(N2CCOCC2)C1. The Kier molecular flexibility index (Phi) is 9.16. The Labute approximate surface area is 152 Å². The van der Waals surface area contributed by atoms with Gasteiger partial charge in [0.15, 0.2) is 0 Å². The quantitative estimate of drug-likeness (QED) is 0.823. The van der Waals surface area contributed by atoms with E-state index in [0.717, 1.165) is 58.7 Å². The van der Waals surface area contributed by atoms with E-state index in [1.54, 1.807) is 0 Å². The normalized spacial score (nSPS) is 32.0. The van der Waals surface area contributed by atoms with Gasteiger partial charge in [-0.15, -0.1) is 24.8 Å². The second kappa shape index (κ2) is 10.0. The van der Waals surface area contributed by atoms with E-state index in [-0.39, 0.29) is 30.9 Å². The molecule has 3 rings (SSSR count). The lowest BCUT2D eigenvalue weighted by Gasteiger charge is -2.32. The highest BCUT2D eigenvalue weighted by atomic mass is 35.5. The number of ether oxygens (including phenoxy) is 1. The number of nitrogens with zero attached hydrogens (tertiary/aromatic N) is 2. The molecule has 2 N–H and O–H groups in total. The average molecular weight is 368 g/mol. The van der Waals surface area contributed by atoms with Crippen molar-refractivity contribution in [2.75, 3.05) is 39.4 Å². The molecular formula is C16H31Cl2N3O2. The molecule has 2 aliphatic heterocycles. The Balaban J connectivity index is 0.00000132. The summed E-state index contributed by atoms with van der Waals surface area (Å²) in [7, 11) is 0. The summed E-state index contributed by atoms with van der Waals surface area (Å²) in [5.74, 6) is 0.738. The number of amides is 1. The predicted molar refractivity (Wildman–Crippen MR) is 96.4 cm³/mol. The number of rotatable bonds is 3. The molecule has 1 amide bonds. The maximum Gasteiger partial charge on any atom is 0.222 e. The fourth-order valence-electron chi connectivity index (χ4n) is 4.05. The van der Waals surface area contributed by atoms with Crippen molar-refractivity contribution < 1.29 is 9.53 Å². The van der Waals surface area contributed by atoms with Crippen LogP contribution >= 0.6 is 24.8 Å². The zero-order valence-electron chi connectivity index (χ0n) is 13.8. The standard InChI is InChI=1S/C16H29N3O2.2ClH/c17-15-4-2-1-3-13(15)11-16(20)19-6-5-14(12-19)18-7-9-21-10-8-18;;/h13-15H,1-12,17H2;2*1H. The van der Waals surface area contributed by atoms with Crippen LogP contribution in [0.2, 0.25) is 0 Å². The van der Waals surface area contributed by atoms with Gasteiger partial charge in [-0.3, -0.25) is 9.69 Å². The lowest BCUT2D eigenvalue weighted by atomic mass is 9.83. The number of halogens is 2. The van der Waals surface area contributed by atoms with Crippen molar-refractivity contribution in [1.82, 2.24) is 9.80 Å². The molecule has 1 saturated carbocycles. The highest BCUT2D eigenvalue weighted by Crippen LogP contribution is 2.27. The maximum absolute atomic E-state index is 12.5. The van der Waals surface area contributed by atoms with E-state index in [1.165, 1.54) is 12.8 Å². The first-order valence-electron chi connectivity index (χ1n) is 8.59. The van der Waals surface area contributed by atoms with Gasteiger partial charge in [0.1, 0.15) is 0 Å². The Bertz CT molecular complexity index is 367. The fourth-order valence-corrected chi connectivity index (χ4v) is 4.05. The molecule has 3 aliphatic rings. The van der Waals surface area contributed by atoms with Crippen molar-refractivity contribution in [3.05, 3.63) is 0 Å². The zero-order valence-corrected chi connectivity index (χ0v) is 15.5. The Hall–Kier alpha value is -0.0700. The van der Waals surface area contributed by atoms with Gasteiger partial charge in [-0.1, -0.05) is 12.8 Å². The predicted octanol–water partition coefficient (Wildman–Crippen LogP) is 1.67. The smallest absolute Gasteiger partial charge is 0.222 e. The number of likely N-dealkylation sites (tertiary alicyclic amines) is 1. The van der Waals surface area contributed by atoms with E-state index in [4.69, 9.17) is 10.5 Å². The van der Waals surface area contributed by atoms with Crippen LogP contribution in [-0.2, 0) is 9.53 Å². The van der Waals surface area contributed by atoms with Crippen molar-refractivity contribution in [1.29, 1.82) is 0 Å². The molecule has 3 atom stereocenters. The van der Waals surface area contributed by atoms with Crippen LogP contribution in [0.3, 0.4) is 0 Å². The summed E-state index contributed by atoms with van der Waals surface area (Å²) in [5.41, 5.74) is 6.18. The molecule has 0 aromatic rings. The molecule has 2 heterocycles. The van der Waals surface area contributed by atoms with Crippen molar-refractivity contribution in [3.8, 4) is 0 Å². The van der Waals surface area contributed by atoms with Crippen molar-refractivity contribution >= 4 is 30.7 Å².